The van der Waals surface area contributed by atoms with Crippen molar-refractivity contribution in [3.05, 3.63) is 16.7 Å². The van der Waals surface area contributed by atoms with E-state index in [-0.39, 0.29) is 17.1 Å². The lowest BCUT2D eigenvalue weighted by Gasteiger charge is -2.16. The fourth-order valence-corrected chi connectivity index (χ4v) is 2.74. The highest BCUT2D eigenvalue weighted by Gasteiger charge is 2.45. The molecule has 1 fully saturated rings. The Morgan fingerprint density at radius 1 is 1.42 bits per heavy atom. The maximum absolute atomic E-state index is 11.7. The Labute approximate surface area is 132 Å². The Morgan fingerprint density at radius 2 is 2.12 bits per heavy atom. The Bertz CT molecular complexity index is 861. The molecule has 3 unspecified atom stereocenters. The van der Waals surface area contributed by atoms with Crippen molar-refractivity contribution in [1.29, 1.82) is 0 Å². The fraction of sp³-hybridized carbons (Fsp3) is 0.500. The number of nitrogens with one attached hydrogen (secondary N) is 1. The summed E-state index contributed by atoms with van der Waals surface area (Å²) in [5.41, 5.74) is 4.84. The van der Waals surface area contributed by atoms with Crippen LogP contribution in [0, 0.1) is 0 Å². The number of phosphoric acid groups is 1. The molecule has 4 atom stereocenters. The lowest BCUT2D eigenvalue weighted by molar-refractivity contribution is -0.0503. The van der Waals surface area contributed by atoms with Crippen LogP contribution in [0.4, 0.5) is 5.95 Å². The number of nitrogens with two attached hydrogens (primary N) is 1. The summed E-state index contributed by atoms with van der Waals surface area (Å²) in [6.07, 6.45) is -4.22. The van der Waals surface area contributed by atoms with Gasteiger partial charge in [-0.2, -0.15) is 4.98 Å². The number of aromatic nitrogens is 4. The molecule has 0 saturated carbocycles. The molecule has 24 heavy (non-hydrogen) atoms. The highest BCUT2D eigenvalue weighted by atomic mass is 31.2. The van der Waals surface area contributed by atoms with Crippen molar-refractivity contribution in [2.45, 2.75) is 24.5 Å². The Kier molecular flexibility index (Phi) is 4.17. The number of imidazole rings is 1. The molecule has 2 aromatic heterocycles. The van der Waals surface area contributed by atoms with Gasteiger partial charge in [0, 0.05) is 0 Å². The van der Waals surface area contributed by atoms with Crippen LogP contribution in [0.3, 0.4) is 0 Å². The van der Waals surface area contributed by atoms with Crippen LogP contribution in [0.1, 0.15) is 6.23 Å². The van der Waals surface area contributed by atoms with Crippen molar-refractivity contribution in [2.75, 3.05) is 12.3 Å². The first-order chi connectivity index (χ1) is 11.2. The van der Waals surface area contributed by atoms with Crippen molar-refractivity contribution in [1.82, 2.24) is 19.5 Å². The van der Waals surface area contributed by atoms with Crippen molar-refractivity contribution in [3.63, 3.8) is 0 Å². The van der Waals surface area contributed by atoms with Gasteiger partial charge in [0.05, 0.1) is 12.9 Å². The van der Waals surface area contributed by atoms with E-state index in [1.807, 2.05) is 0 Å². The van der Waals surface area contributed by atoms with Crippen LogP contribution in [0.15, 0.2) is 11.1 Å². The van der Waals surface area contributed by atoms with Gasteiger partial charge in [0.25, 0.3) is 5.56 Å². The number of nitrogen functional groups attached to an aromatic ring is 1. The molecule has 0 amide bonds. The molecule has 1 aliphatic rings. The summed E-state index contributed by atoms with van der Waals surface area (Å²) < 4.78 is 21.6. The van der Waals surface area contributed by atoms with E-state index >= 15 is 0 Å². The van der Waals surface area contributed by atoms with Gasteiger partial charge in [-0.3, -0.25) is 18.9 Å². The number of hydrogen-bond donors (Lipinski definition) is 6. The summed E-state index contributed by atoms with van der Waals surface area (Å²) in [7, 11) is -4.76. The molecule has 2 aromatic rings. The number of hydrogen-bond acceptors (Lipinski definition) is 9. The molecule has 1 aliphatic heterocycles. The van der Waals surface area contributed by atoms with Gasteiger partial charge in [-0.15, -0.1) is 0 Å². The first-order valence-corrected chi connectivity index (χ1v) is 8.14. The van der Waals surface area contributed by atoms with E-state index in [4.69, 9.17) is 20.3 Å². The number of nitrogens with zero attached hydrogens (tertiary/aromatic N) is 3. The van der Waals surface area contributed by atoms with Crippen molar-refractivity contribution in [2.24, 2.45) is 0 Å². The van der Waals surface area contributed by atoms with Gasteiger partial charge in [-0.1, -0.05) is 0 Å². The van der Waals surface area contributed by atoms with Crippen LogP contribution in [-0.2, 0) is 13.8 Å². The maximum atomic E-state index is 11.7. The summed E-state index contributed by atoms with van der Waals surface area (Å²) in [6.45, 7) is -0.651. The maximum Gasteiger partial charge on any atom is 0.469 e. The van der Waals surface area contributed by atoms with Gasteiger partial charge < -0.3 is 30.5 Å². The van der Waals surface area contributed by atoms with Crippen LogP contribution in [0.5, 0.6) is 0 Å². The van der Waals surface area contributed by atoms with Gasteiger partial charge in [0.2, 0.25) is 5.95 Å². The third-order valence-electron chi connectivity index (χ3n) is 3.47. The molecule has 1 saturated heterocycles. The minimum absolute atomic E-state index is 0.0176. The Hall–Kier alpha value is -1.86. The molecule has 0 aliphatic carbocycles. The number of phosphoric ester groups is 1. The van der Waals surface area contributed by atoms with E-state index in [0.717, 1.165) is 0 Å². The number of ether oxygens (including phenoxy) is 1. The quantitative estimate of drug-likeness (QED) is 0.244. The summed E-state index contributed by atoms with van der Waals surface area (Å²) in [5.74, 6) is -0.177. The molecule has 0 aromatic carbocycles. The SMILES string of the molecule is Nc1nc2c(ncn2[13CH]2O[C@H]([13CH2]OP(=O)(O)O)[13CH](O)[13CH]2O)c(=O)[nH]1. The molecule has 0 spiro atoms. The smallest absolute Gasteiger partial charge is 0.387 e. The highest BCUT2D eigenvalue weighted by Crippen LogP contribution is 2.38. The van der Waals surface area contributed by atoms with Crippen LogP contribution < -0.4 is 11.3 Å². The third kappa shape index (κ3) is 3.06. The lowest BCUT2D eigenvalue weighted by atomic mass is 10.5. The minimum Gasteiger partial charge on any atom is -0.387 e. The third-order valence-corrected chi connectivity index (χ3v) is 3.95. The zero-order chi connectivity index (χ0) is 17.6. The molecule has 0 radical (unpaired) electrons. The molecule has 7 N–H and O–H groups in total. The van der Waals surface area contributed by atoms with Crippen molar-refractivity contribution in [3.8, 4) is 0 Å². The van der Waals surface area contributed by atoms with Crippen LogP contribution in [0.2, 0.25) is 0 Å². The predicted molar refractivity (Wildman–Crippen MR) is 76.5 cm³/mol. The zero-order valence-electron chi connectivity index (χ0n) is 11.9. The van der Waals surface area contributed by atoms with Crippen molar-refractivity contribution < 1.29 is 33.8 Å². The first kappa shape index (κ1) is 17.0. The van der Waals surface area contributed by atoms with Crippen LogP contribution >= 0.6 is 7.82 Å². The molecule has 132 valence electrons. The number of aromatic amines is 1. The second-order valence-corrected chi connectivity index (χ2v) is 6.35. The molecular formula is C10H14N5O8P. The molecular weight excluding hydrogens is 353 g/mol. The summed E-state index contributed by atoms with van der Waals surface area (Å²) in [5, 5.41) is 20.1. The van der Waals surface area contributed by atoms with E-state index in [1.54, 1.807) is 0 Å². The number of fused-ring (bicyclic) bond motifs is 1. The number of anilines is 1. The van der Waals surface area contributed by atoms with E-state index in [1.165, 1.54) is 10.9 Å². The summed E-state index contributed by atoms with van der Waals surface area (Å²) in [6, 6.07) is 0. The summed E-state index contributed by atoms with van der Waals surface area (Å²) >= 11 is 0. The second-order valence-electron chi connectivity index (χ2n) is 5.11. The average Bonchev–Trinajstić information content (AvgIpc) is 3.00. The van der Waals surface area contributed by atoms with E-state index < -0.39 is 44.5 Å². The lowest BCUT2D eigenvalue weighted by Crippen LogP contribution is -2.33. The van der Waals surface area contributed by atoms with Crippen LogP contribution in [-0.4, -0.2) is 64.4 Å². The molecule has 3 heterocycles. The highest BCUT2D eigenvalue weighted by molar-refractivity contribution is 7.46. The Morgan fingerprint density at radius 3 is 2.79 bits per heavy atom. The zero-order valence-corrected chi connectivity index (χ0v) is 12.8. The number of aliphatic hydroxyl groups excluding tert-OH is 2. The molecule has 14 heteroatoms. The van der Waals surface area contributed by atoms with E-state index in [9.17, 15) is 19.6 Å². The normalized spacial score (nSPS) is 27.8. The standard InChI is InChI=1S/C10H14N5O8P/c11-10-13-7-4(8(18)14-10)12-2-15(7)9-6(17)5(16)3(23-9)1-22-24(19,20)21/h2-3,5-6,9,16-17H,1H2,(H2,19,20,21)(H3,11,13,14,18)/t3-,5?,6?,9?/m1/s1/i1+1,5+1,6+1,9+1. The minimum atomic E-state index is -4.76. The monoisotopic (exact) mass is 367 g/mol. The average molecular weight is 367 g/mol. The fourth-order valence-electron chi connectivity index (χ4n) is 2.40. The molecule has 0 bridgehead atoms. The van der Waals surface area contributed by atoms with Gasteiger partial charge in [-0.25, -0.2) is 9.55 Å². The number of H-pyrrole nitrogens is 1. The Balaban J connectivity index is 1.90. The number of rotatable bonds is 4. The number of aliphatic hydroxyl groups is 2. The molecule has 13 nitrogen and oxygen atoms in total. The predicted octanol–water partition coefficient (Wildman–Crippen LogP) is -2.57. The van der Waals surface area contributed by atoms with Crippen molar-refractivity contribution >= 4 is 24.9 Å². The first-order valence-electron chi connectivity index (χ1n) is 6.61. The largest absolute Gasteiger partial charge is 0.469 e. The summed E-state index contributed by atoms with van der Waals surface area (Å²) in [4.78, 5) is 39.1. The van der Waals surface area contributed by atoms with Gasteiger partial charge in [0.15, 0.2) is 17.4 Å². The van der Waals surface area contributed by atoms with Gasteiger partial charge >= 0.3 is 7.82 Å². The molecule has 3 rings (SSSR count). The van der Waals surface area contributed by atoms with Gasteiger partial charge in [-0.05, 0) is 0 Å². The van der Waals surface area contributed by atoms with E-state index in [2.05, 4.69) is 19.5 Å². The van der Waals surface area contributed by atoms with E-state index in [0.29, 0.717) is 0 Å². The van der Waals surface area contributed by atoms with Gasteiger partial charge in [0.1, 0.15) is 18.3 Å². The second kappa shape index (κ2) is 5.89. The topological polar surface area (TPSA) is 206 Å². The van der Waals surface area contributed by atoms with Crippen LogP contribution in [0.25, 0.3) is 11.2 Å².